The number of methoxy groups -OCH3 is 2. The van der Waals surface area contributed by atoms with Crippen LogP contribution in [0.3, 0.4) is 0 Å². The molecular formula is C23H25N3O3. The van der Waals surface area contributed by atoms with Gasteiger partial charge < -0.3 is 20.1 Å². The number of carbonyl (C=O) groups is 1. The third-order valence-electron chi connectivity index (χ3n) is 4.59. The lowest BCUT2D eigenvalue weighted by molar-refractivity contribution is 0.102. The normalized spacial score (nSPS) is 10.3. The molecule has 3 rings (SSSR count). The van der Waals surface area contributed by atoms with Crippen LogP contribution in [-0.2, 0) is 13.0 Å². The van der Waals surface area contributed by atoms with Crippen molar-refractivity contribution in [2.24, 2.45) is 0 Å². The van der Waals surface area contributed by atoms with Crippen molar-refractivity contribution in [3.63, 3.8) is 0 Å². The zero-order valence-electron chi connectivity index (χ0n) is 16.9. The van der Waals surface area contributed by atoms with Crippen LogP contribution in [0.15, 0.2) is 60.8 Å². The Bertz CT molecular complexity index is 971. The lowest BCUT2D eigenvalue weighted by atomic mass is 10.1. The van der Waals surface area contributed by atoms with Gasteiger partial charge in [0.1, 0.15) is 5.69 Å². The molecule has 0 saturated carbocycles. The van der Waals surface area contributed by atoms with Crippen LogP contribution < -0.4 is 20.1 Å². The Morgan fingerprint density at radius 3 is 2.48 bits per heavy atom. The first kappa shape index (κ1) is 20.2. The summed E-state index contributed by atoms with van der Waals surface area (Å²) in [7, 11) is 3.22. The summed E-state index contributed by atoms with van der Waals surface area (Å²) in [4.78, 5) is 16.8. The van der Waals surface area contributed by atoms with Crippen LogP contribution in [-0.4, -0.2) is 25.1 Å². The fraction of sp³-hybridized carbons (Fsp3) is 0.217. The summed E-state index contributed by atoms with van der Waals surface area (Å²) < 4.78 is 10.6. The Labute approximate surface area is 170 Å². The van der Waals surface area contributed by atoms with Crippen molar-refractivity contribution >= 4 is 17.3 Å². The maximum absolute atomic E-state index is 12.5. The van der Waals surface area contributed by atoms with Gasteiger partial charge in [0.25, 0.3) is 5.91 Å². The van der Waals surface area contributed by atoms with E-state index in [9.17, 15) is 4.79 Å². The van der Waals surface area contributed by atoms with Gasteiger partial charge in [-0.05, 0) is 47.9 Å². The summed E-state index contributed by atoms with van der Waals surface area (Å²) in [6.07, 6.45) is 2.50. The number of aryl methyl sites for hydroxylation is 1. The number of anilines is 2. The van der Waals surface area contributed by atoms with Crippen molar-refractivity contribution in [3.05, 3.63) is 77.6 Å². The van der Waals surface area contributed by atoms with Crippen molar-refractivity contribution in [1.82, 2.24) is 4.98 Å². The number of nitrogens with one attached hydrogen (secondary N) is 2. The Morgan fingerprint density at radius 2 is 1.79 bits per heavy atom. The van der Waals surface area contributed by atoms with Gasteiger partial charge in [-0.15, -0.1) is 0 Å². The highest BCUT2D eigenvalue weighted by molar-refractivity contribution is 6.03. The molecule has 0 unspecified atom stereocenters. The number of amides is 1. The number of benzene rings is 2. The summed E-state index contributed by atoms with van der Waals surface area (Å²) in [6.45, 7) is 2.65. The van der Waals surface area contributed by atoms with Gasteiger partial charge in [-0.25, -0.2) is 4.98 Å². The summed E-state index contributed by atoms with van der Waals surface area (Å²) in [5.41, 5.74) is 4.14. The quantitative estimate of drug-likeness (QED) is 0.590. The number of pyridine rings is 1. The molecule has 29 heavy (non-hydrogen) atoms. The SMILES string of the molecule is CCc1ccccc1NC(=O)c1ccc(NCc2ccc(OC)c(OC)c2)cn1. The summed E-state index contributed by atoms with van der Waals surface area (Å²) in [5, 5.41) is 6.22. The van der Waals surface area contributed by atoms with Crippen molar-refractivity contribution in [1.29, 1.82) is 0 Å². The fourth-order valence-corrected chi connectivity index (χ4v) is 2.96. The van der Waals surface area contributed by atoms with Crippen LogP contribution in [0.25, 0.3) is 0 Å². The number of ether oxygens (including phenoxy) is 2. The minimum Gasteiger partial charge on any atom is -0.493 e. The van der Waals surface area contributed by atoms with E-state index in [0.717, 1.165) is 28.9 Å². The Hall–Kier alpha value is -3.54. The average molecular weight is 391 g/mol. The number of carbonyl (C=O) groups excluding carboxylic acids is 1. The van der Waals surface area contributed by atoms with Crippen LogP contribution in [0.4, 0.5) is 11.4 Å². The van der Waals surface area contributed by atoms with E-state index >= 15 is 0 Å². The molecule has 0 aliphatic rings. The van der Waals surface area contributed by atoms with Gasteiger partial charge in [-0.1, -0.05) is 31.2 Å². The molecule has 0 radical (unpaired) electrons. The van der Waals surface area contributed by atoms with Crippen LogP contribution >= 0.6 is 0 Å². The molecule has 0 fully saturated rings. The monoisotopic (exact) mass is 391 g/mol. The van der Waals surface area contributed by atoms with Gasteiger partial charge in [0.15, 0.2) is 11.5 Å². The van der Waals surface area contributed by atoms with E-state index in [1.54, 1.807) is 26.5 Å². The second-order valence-electron chi connectivity index (χ2n) is 6.44. The summed E-state index contributed by atoms with van der Waals surface area (Å²) in [5.74, 6) is 1.15. The van der Waals surface area contributed by atoms with E-state index in [2.05, 4.69) is 22.5 Å². The minimum absolute atomic E-state index is 0.225. The van der Waals surface area contributed by atoms with E-state index < -0.39 is 0 Å². The molecule has 3 aromatic rings. The lowest BCUT2D eigenvalue weighted by Gasteiger charge is -2.11. The molecule has 1 amide bonds. The molecule has 6 heteroatoms. The standard InChI is InChI=1S/C23H25N3O3/c1-4-17-7-5-6-8-19(17)26-23(27)20-11-10-18(15-25-20)24-14-16-9-12-21(28-2)22(13-16)29-3/h5-13,15,24H,4,14H2,1-3H3,(H,26,27). The van der Waals surface area contributed by atoms with Gasteiger partial charge in [-0.2, -0.15) is 0 Å². The molecule has 2 aromatic carbocycles. The average Bonchev–Trinajstić information content (AvgIpc) is 2.78. The molecular weight excluding hydrogens is 366 g/mol. The van der Waals surface area contributed by atoms with Gasteiger partial charge in [0.2, 0.25) is 0 Å². The van der Waals surface area contributed by atoms with Gasteiger partial charge in [0, 0.05) is 12.2 Å². The van der Waals surface area contributed by atoms with Crippen LogP contribution in [0.5, 0.6) is 11.5 Å². The Balaban J connectivity index is 1.62. The van der Waals surface area contributed by atoms with Crippen LogP contribution in [0.1, 0.15) is 28.5 Å². The highest BCUT2D eigenvalue weighted by Gasteiger charge is 2.10. The maximum atomic E-state index is 12.5. The highest BCUT2D eigenvalue weighted by Crippen LogP contribution is 2.27. The van der Waals surface area contributed by atoms with Gasteiger partial charge in [0.05, 0.1) is 26.1 Å². The molecule has 0 aliphatic carbocycles. The van der Waals surface area contributed by atoms with Gasteiger partial charge >= 0.3 is 0 Å². The number of hydrogen-bond acceptors (Lipinski definition) is 5. The number of para-hydroxylation sites is 1. The predicted molar refractivity (Wildman–Crippen MR) is 115 cm³/mol. The lowest BCUT2D eigenvalue weighted by Crippen LogP contribution is -2.15. The van der Waals surface area contributed by atoms with E-state index in [4.69, 9.17) is 9.47 Å². The largest absolute Gasteiger partial charge is 0.493 e. The first-order valence-electron chi connectivity index (χ1n) is 9.44. The first-order valence-corrected chi connectivity index (χ1v) is 9.44. The van der Waals surface area contributed by atoms with Crippen LogP contribution in [0.2, 0.25) is 0 Å². The zero-order chi connectivity index (χ0) is 20.6. The smallest absolute Gasteiger partial charge is 0.274 e. The molecule has 0 aliphatic heterocycles. The molecule has 0 spiro atoms. The first-order chi connectivity index (χ1) is 14.1. The maximum Gasteiger partial charge on any atom is 0.274 e. The number of aromatic nitrogens is 1. The topological polar surface area (TPSA) is 72.5 Å². The highest BCUT2D eigenvalue weighted by atomic mass is 16.5. The number of rotatable bonds is 8. The summed E-state index contributed by atoms with van der Waals surface area (Å²) >= 11 is 0. The Kier molecular flexibility index (Phi) is 6.68. The molecule has 0 atom stereocenters. The van der Waals surface area contributed by atoms with Crippen molar-refractivity contribution in [2.75, 3.05) is 24.9 Å². The molecule has 1 aromatic heterocycles. The van der Waals surface area contributed by atoms with Crippen molar-refractivity contribution < 1.29 is 14.3 Å². The molecule has 0 saturated heterocycles. The third kappa shape index (κ3) is 5.04. The fourth-order valence-electron chi connectivity index (χ4n) is 2.96. The van der Waals surface area contributed by atoms with Gasteiger partial charge in [-0.3, -0.25) is 4.79 Å². The molecule has 1 heterocycles. The van der Waals surface area contributed by atoms with Crippen LogP contribution in [0, 0.1) is 0 Å². The van der Waals surface area contributed by atoms with Crippen molar-refractivity contribution in [3.8, 4) is 11.5 Å². The van der Waals surface area contributed by atoms with E-state index in [-0.39, 0.29) is 5.91 Å². The van der Waals surface area contributed by atoms with E-state index in [1.165, 1.54) is 0 Å². The number of nitrogens with zero attached hydrogens (tertiary/aromatic N) is 1. The molecule has 6 nitrogen and oxygen atoms in total. The minimum atomic E-state index is -0.225. The van der Waals surface area contributed by atoms with E-state index in [0.29, 0.717) is 23.7 Å². The molecule has 0 bridgehead atoms. The predicted octanol–water partition coefficient (Wildman–Crippen LogP) is 4.53. The second kappa shape index (κ2) is 9.59. The zero-order valence-corrected chi connectivity index (χ0v) is 16.9. The van der Waals surface area contributed by atoms with Crippen molar-refractivity contribution in [2.45, 2.75) is 19.9 Å². The van der Waals surface area contributed by atoms with E-state index in [1.807, 2.05) is 48.5 Å². The summed E-state index contributed by atoms with van der Waals surface area (Å²) in [6, 6.07) is 17.1. The third-order valence-corrected chi connectivity index (χ3v) is 4.59. The molecule has 150 valence electrons. The number of hydrogen-bond donors (Lipinski definition) is 2. The second-order valence-corrected chi connectivity index (χ2v) is 6.44. The molecule has 2 N–H and O–H groups in total. The Morgan fingerprint density at radius 1 is 1.00 bits per heavy atom.